The summed E-state index contributed by atoms with van der Waals surface area (Å²) in [6.07, 6.45) is 1.66. The summed E-state index contributed by atoms with van der Waals surface area (Å²) in [6, 6.07) is 19.2. The van der Waals surface area contributed by atoms with Crippen LogP contribution in [0.3, 0.4) is 0 Å². The molecular formula is C26H25Br2N3O3. The van der Waals surface area contributed by atoms with E-state index in [1.807, 2.05) is 74.5 Å². The zero-order valence-corrected chi connectivity index (χ0v) is 22.1. The molecule has 0 fully saturated rings. The molecule has 3 rings (SSSR count). The van der Waals surface area contributed by atoms with Crippen molar-refractivity contribution in [2.75, 3.05) is 5.32 Å². The Bertz CT molecular complexity index is 1190. The highest BCUT2D eigenvalue weighted by Gasteiger charge is 2.09. The molecule has 0 heterocycles. The van der Waals surface area contributed by atoms with Gasteiger partial charge in [-0.25, -0.2) is 5.43 Å². The van der Waals surface area contributed by atoms with Crippen molar-refractivity contribution in [1.29, 1.82) is 0 Å². The topological polar surface area (TPSA) is 79.8 Å². The summed E-state index contributed by atoms with van der Waals surface area (Å²) in [7, 11) is 0. The average Bonchev–Trinajstić information content (AvgIpc) is 2.81. The molecule has 0 spiro atoms. The molecule has 34 heavy (non-hydrogen) atoms. The summed E-state index contributed by atoms with van der Waals surface area (Å²) < 4.78 is 7.66. The number of anilines is 1. The van der Waals surface area contributed by atoms with Gasteiger partial charge in [0.15, 0.2) is 0 Å². The first-order valence-corrected chi connectivity index (χ1v) is 12.2. The van der Waals surface area contributed by atoms with Gasteiger partial charge in [0.25, 0.3) is 0 Å². The molecule has 0 saturated carbocycles. The van der Waals surface area contributed by atoms with E-state index in [-0.39, 0.29) is 24.7 Å². The van der Waals surface area contributed by atoms with E-state index in [0.29, 0.717) is 12.4 Å². The smallest absolute Gasteiger partial charge is 0.240 e. The molecule has 0 saturated heterocycles. The van der Waals surface area contributed by atoms with Gasteiger partial charge in [-0.1, -0.05) is 40.2 Å². The largest absolute Gasteiger partial charge is 0.488 e. The number of amides is 2. The molecule has 8 heteroatoms. The normalized spacial score (nSPS) is 10.8. The molecule has 0 aliphatic carbocycles. The Kier molecular flexibility index (Phi) is 9.42. The van der Waals surface area contributed by atoms with Crippen molar-refractivity contribution >= 4 is 55.6 Å². The van der Waals surface area contributed by atoms with Gasteiger partial charge >= 0.3 is 0 Å². The summed E-state index contributed by atoms with van der Waals surface area (Å²) >= 11 is 6.92. The zero-order chi connectivity index (χ0) is 24.5. The predicted molar refractivity (Wildman–Crippen MR) is 142 cm³/mol. The van der Waals surface area contributed by atoms with Crippen LogP contribution in [0.15, 0.2) is 74.7 Å². The van der Waals surface area contributed by atoms with Crippen LogP contribution in [-0.4, -0.2) is 18.0 Å². The van der Waals surface area contributed by atoms with Gasteiger partial charge in [0, 0.05) is 23.0 Å². The van der Waals surface area contributed by atoms with Gasteiger partial charge in [0.1, 0.15) is 12.4 Å². The lowest BCUT2D eigenvalue weighted by molar-refractivity contribution is -0.124. The fourth-order valence-electron chi connectivity index (χ4n) is 3.02. The van der Waals surface area contributed by atoms with Crippen LogP contribution in [0.2, 0.25) is 0 Å². The van der Waals surface area contributed by atoms with Crippen molar-refractivity contribution in [2.45, 2.75) is 33.3 Å². The second-order valence-electron chi connectivity index (χ2n) is 7.69. The van der Waals surface area contributed by atoms with Crippen molar-refractivity contribution in [1.82, 2.24) is 5.43 Å². The maximum Gasteiger partial charge on any atom is 0.240 e. The second kappa shape index (κ2) is 12.5. The standard InChI is InChI=1S/C26H25Br2N3O3/c1-17-4-3-5-23(18(17)2)30-25(32)12-13-26(33)31-29-15-20-8-11-24(22(28)14-20)34-16-19-6-9-21(27)10-7-19/h3-11,14-15H,12-13,16H2,1-2H3,(H,30,32)(H,31,33). The van der Waals surface area contributed by atoms with E-state index in [1.165, 1.54) is 6.21 Å². The van der Waals surface area contributed by atoms with E-state index in [0.717, 1.165) is 36.9 Å². The molecule has 0 atom stereocenters. The summed E-state index contributed by atoms with van der Waals surface area (Å²) in [5, 5.41) is 6.83. The van der Waals surface area contributed by atoms with Crippen molar-refractivity contribution in [2.24, 2.45) is 5.10 Å². The number of nitrogens with one attached hydrogen (secondary N) is 2. The first-order valence-electron chi connectivity index (χ1n) is 10.7. The van der Waals surface area contributed by atoms with Crippen LogP contribution < -0.4 is 15.5 Å². The van der Waals surface area contributed by atoms with E-state index in [4.69, 9.17) is 4.74 Å². The third-order valence-corrected chi connectivity index (χ3v) is 6.27. The number of hydrogen-bond donors (Lipinski definition) is 2. The van der Waals surface area contributed by atoms with Gasteiger partial charge in [-0.15, -0.1) is 0 Å². The maximum atomic E-state index is 12.2. The van der Waals surface area contributed by atoms with Crippen molar-refractivity contribution in [3.05, 3.63) is 91.9 Å². The molecule has 0 aromatic heterocycles. The molecule has 0 aliphatic rings. The monoisotopic (exact) mass is 585 g/mol. The van der Waals surface area contributed by atoms with E-state index >= 15 is 0 Å². The third-order valence-electron chi connectivity index (χ3n) is 5.12. The minimum absolute atomic E-state index is 0.0422. The Labute approximate surface area is 216 Å². The minimum atomic E-state index is -0.333. The van der Waals surface area contributed by atoms with E-state index in [9.17, 15) is 9.59 Å². The molecule has 0 aliphatic heterocycles. The van der Waals surface area contributed by atoms with Crippen molar-refractivity contribution in [3.8, 4) is 5.75 Å². The molecule has 0 unspecified atom stereocenters. The summed E-state index contributed by atoms with van der Waals surface area (Å²) in [5.74, 6) is 0.162. The lowest BCUT2D eigenvalue weighted by Crippen LogP contribution is -2.21. The van der Waals surface area contributed by atoms with Crippen molar-refractivity contribution in [3.63, 3.8) is 0 Å². The van der Waals surface area contributed by atoms with Crippen molar-refractivity contribution < 1.29 is 14.3 Å². The van der Waals surface area contributed by atoms with E-state index in [1.54, 1.807) is 0 Å². The number of ether oxygens (including phenoxy) is 1. The summed E-state index contributed by atoms with van der Waals surface area (Å²) in [4.78, 5) is 24.2. The van der Waals surface area contributed by atoms with Crippen LogP contribution in [0, 0.1) is 13.8 Å². The highest BCUT2D eigenvalue weighted by Crippen LogP contribution is 2.26. The fourth-order valence-corrected chi connectivity index (χ4v) is 3.79. The summed E-state index contributed by atoms with van der Waals surface area (Å²) in [5.41, 5.74) is 7.18. The van der Waals surface area contributed by atoms with E-state index in [2.05, 4.69) is 47.7 Å². The Balaban J connectivity index is 1.43. The van der Waals surface area contributed by atoms with Gasteiger partial charge in [-0.2, -0.15) is 5.10 Å². The van der Waals surface area contributed by atoms with Gasteiger partial charge in [0.05, 0.1) is 10.7 Å². The number of benzene rings is 3. The van der Waals surface area contributed by atoms with Gasteiger partial charge in [-0.3, -0.25) is 9.59 Å². The molecule has 6 nitrogen and oxygen atoms in total. The molecule has 2 N–H and O–H groups in total. The Morgan fingerprint density at radius 1 is 0.971 bits per heavy atom. The SMILES string of the molecule is Cc1cccc(NC(=O)CCC(=O)NN=Cc2ccc(OCc3ccc(Br)cc3)c(Br)c2)c1C. The zero-order valence-electron chi connectivity index (χ0n) is 18.9. The highest BCUT2D eigenvalue weighted by atomic mass is 79.9. The van der Waals surface area contributed by atoms with Crippen LogP contribution in [0.5, 0.6) is 5.75 Å². The van der Waals surface area contributed by atoms with Gasteiger partial charge in [-0.05, 0) is 88.4 Å². The van der Waals surface area contributed by atoms with Crippen LogP contribution in [-0.2, 0) is 16.2 Å². The predicted octanol–water partition coefficient (Wildman–Crippen LogP) is 6.28. The Morgan fingerprint density at radius 2 is 1.71 bits per heavy atom. The number of aryl methyl sites for hydroxylation is 1. The minimum Gasteiger partial charge on any atom is -0.488 e. The van der Waals surface area contributed by atoms with E-state index < -0.39 is 0 Å². The average molecular weight is 587 g/mol. The lowest BCUT2D eigenvalue weighted by atomic mass is 10.1. The highest BCUT2D eigenvalue weighted by molar-refractivity contribution is 9.10. The molecule has 2 amide bonds. The Hall–Kier alpha value is -2.97. The summed E-state index contributed by atoms with van der Waals surface area (Å²) in [6.45, 7) is 4.39. The maximum absolute atomic E-state index is 12.2. The fraction of sp³-hybridized carbons (Fsp3) is 0.192. The van der Waals surface area contributed by atoms with Gasteiger partial charge in [0.2, 0.25) is 11.8 Å². The number of rotatable bonds is 9. The van der Waals surface area contributed by atoms with Crippen LogP contribution >= 0.6 is 31.9 Å². The van der Waals surface area contributed by atoms with Crippen LogP contribution in [0.1, 0.15) is 35.1 Å². The molecule has 176 valence electrons. The Morgan fingerprint density at radius 3 is 2.44 bits per heavy atom. The first-order chi connectivity index (χ1) is 16.3. The molecule has 3 aromatic rings. The lowest BCUT2D eigenvalue weighted by Gasteiger charge is -2.10. The number of carbonyl (C=O) groups is 2. The molecular weight excluding hydrogens is 562 g/mol. The van der Waals surface area contributed by atoms with Gasteiger partial charge < -0.3 is 10.1 Å². The number of halogens is 2. The number of hydrogen-bond acceptors (Lipinski definition) is 4. The number of carbonyl (C=O) groups excluding carboxylic acids is 2. The quantitative estimate of drug-likeness (QED) is 0.229. The molecule has 3 aromatic carbocycles. The number of hydrazone groups is 1. The molecule has 0 radical (unpaired) electrons. The number of nitrogens with zero attached hydrogens (tertiary/aromatic N) is 1. The molecule has 0 bridgehead atoms. The third kappa shape index (κ3) is 7.81. The van der Waals surface area contributed by atoms with Crippen LogP contribution in [0.25, 0.3) is 0 Å². The first kappa shape index (κ1) is 25.6. The second-order valence-corrected chi connectivity index (χ2v) is 9.46. The van der Waals surface area contributed by atoms with Crippen LogP contribution in [0.4, 0.5) is 5.69 Å².